The Kier molecular flexibility index (Phi) is 6.43. The predicted octanol–water partition coefficient (Wildman–Crippen LogP) is 5.61. The lowest BCUT2D eigenvalue weighted by atomic mass is 9.85. The monoisotopic (exact) mass is 491 g/mol. The summed E-state index contributed by atoms with van der Waals surface area (Å²) in [6.07, 6.45) is 1.32. The van der Waals surface area contributed by atoms with Gasteiger partial charge < -0.3 is 9.47 Å². The number of hydrogen-bond donors (Lipinski definition) is 1. The average molecular weight is 492 g/mol. The van der Waals surface area contributed by atoms with E-state index in [0.717, 1.165) is 0 Å². The molecule has 0 bridgehead atoms. The maximum Gasteiger partial charge on any atom is 0.387 e. The van der Waals surface area contributed by atoms with Gasteiger partial charge in [-0.15, -0.1) is 6.58 Å². The van der Waals surface area contributed by atoms with Crippen LogP contribution in [-0.4, -0.2) is 15.0 Å². The van der Waals surface area contributed by atoms with Gasteiger partial charge in [0.1, 0.15) is 17.6 Å². The van der Waals surface area contributed by atoms with Crippen molar-refractivity contribution >= 4 is 21.6 Å². The first-order valence-electron chi connectivity index (χ1n) is 9.93. The van der Waals surface area contributed by atoms with Gasteiger partial charge in [-0.1, -0.05) is 35.9 Å². The molecule has 172 valence electrons. The van der Waals surface area contributed by atoms with Crippen molar-refractivity contribution in [3.8, 4) is 22.6 Å². The van der Waals surface area contributed by atoms with Crippen LogP contribution in [0.5, 0.6) is 11.5 Å². The second-order valence-electron chi connectivity index (χ2n) is 7.57. The highest BCUT2D eigenvalue weighted by molar-refractivity contribution is 7.88. The van der Waals surface area contributed by atoms with E-state index in [2.05, 4.69) is 6.58 Å². The maximum atomic E-state index is 13.1. The van der Waals surface area contributed by atoms with E-state index >= 15 is 0 Å². The van der Waals surface area contributed by atoms with Crippen LogP contribution in [0.4, 0.5) is 8.78 Å². The number of ether oxygens (including phenoxy) is 2. The van der Waals surface area contributed by atoms with Crippen LogP contribution in [0.2, 0.25) is 5.02 Å². The van der Waals surface area contributed by atoms with Crippen LogP contribution in [0.15, 0.2) is 67.3 Å². The van der Waals surface area contributed by atoms with Gasteiger partial charge in [0.2, 0.25) is 10.0 Å². The van der Waals surface area contributed by atoms with Crippen molar-refractivity contribution in [2.24, 2.45) is 5.14 Å². The van der Waals surface area contributed by atoms with Crippen molar-refractivity contribution in [3.05, 3.63) is 94.5 Å². The third-order valence-corrected chi connectivity index (χ3v) is 6.19. The van der Waals surface area contributed by atoms with E-state index in [1.54, 1.807) is 48.5 Å². The summed E-state index contributed by atoms with van der Waals surface area (Å²) in [6, 6.07) is 15.2. The molecular formula is C24H20ClF2NO4S. The van der Waals surface area contributed by atoms with Gasteiger partial charge in [-0.3, -0.25) is 0 Å². The topological polar surface area (TPSA) is 78.6 Å². The smallest absolute Gasteiger partial charge is 0.387 e. The highest BCUT2D eigenvalue weighted by atomic mass is 35.5. The molecule has 3 aromatic carbocycles. The highest BCUT2D eigenvalue weighted by Gasteiger charge is 2.32. The predicted molar refractivity (Wildman–Crippen MR) is 123 cm³/mol. The first-order chi connectivity index (χ1) is 15.7. The summed E-state index contributed by atoms with van der Waals surface area (Å²) in [5.41, 5.74) is 3.38. The lowest BCUT2D eigenvalue weighted by molar-refractivity contribution is -0.0496. The molecule has 9 heteroatoms. The van der Waals surface area contributed by atoms with E-state index in [-0.39, 0.29) is 5.75 Å². The minimum absolute atomic E-state index is 0.0444. The molecule has 33 heavy (non-hydrogen) atoms. The van der Waals surface area contributed by atoms with E-state index in [1.807, 2.05) is 6.07 Å². The summed E-state index contributed by atoms with van der Waals surface area (Å²) in [5.74, 6) is -0.0836. The van der Waals surface area contributed by atoms with Gasteiger partial charge in [-0.2, -0.15) is 8.78 Å². The van der Waals surface area contributed by atoms with Crippen molar-refractivity contribution in [1.29, 1.82) is 0 Å². The summed E-state index contributed by atoms with van der Waals surface area (Å²) in [7, 11) is -3.84. The molecular weight excluding hydrogens is 472 g/mol. The van der Waals surface area contributed by atoms with Gasteiger partial charge in [-0.05, 0) is 65.1 Å². The molecule has 4 rings (SSSR count). The summed E-state index contributed by atoms with van der Waals surface area (Å²) in [5, 5.41) is 5.82. The van der Waals surface area contributed by atoms with Gasteiger partial charge >= 0.3 is 6.61 Å². The second-order valence-corrected chi connectivity index (χ2v) is 9.62. The number of fused-ring (bicyclic) bond motifs is 3. The third-order valence-electron chi connectivity index (χ3n) is 5.24. The van der Waals surface area contributed by atoms with Gasteiger partial charge in [0, 0.05) is 10.6 Å². The van der Waals surface area contributed by atoms with E-state index < -0.39 is 28.5 Å². The molecule has 2 N–H and O–H groups in total. The van der Waals surface area contributed by atoms with Crippen molar-refractivity contribution < 1.29 is 26.7 Å². The molecule has 1 atom stereocenters. The molecule has 3 aromatic rings. The number of hydrogen-bond acceptors (Lipinski definition) is 4. The molecule has 0 radical (unpaired) electrons. The van der Waals surface area contributed by atoms with Gasteiger partial charge in [-0.25, -0.2) is 13.6 Å². The van der Waals surface area contributed by atoms with Crippen LogP contribution >= 0.6 is 11.6 Å². The van der Waals surface area contributed by atoms with Crippen LogP contribution in [0, 0.1) is 0 Å². The Morgan fingerprint density at radius 3 is 2.58 bits per heavy atom. The molecule has 0 aliphatic carbocycles. The van der Waals surface area contributed by atoms with Crippen molar-refractivity contribution in [3.63, 3.8) is 0 Å². The Labute approximate surface area is 195 Å². The number of sulfonamides is 1. The number of benzene rings is 3. The van der Waals surface area contributed by atoms with E-state index in [1.165, 1.54) is 6.07 Å². The number of halogens is 3. The molecule has 0 saturated heterocycles. The normalized spacial score (nSPS) is 14.9. The highest BCUT2D eigenvalue weighted by Crippen LogP contribution is 2.50. The fraction of sp³-hybridized carbons (Fsp3) is 0.167. The molecule has 0 spiro atoms. The van der Waals surface area contributed by atoms with Crippen LogP contribution in [0.1, 0.15) is 28.4 Å². The Bertz CT molecular complexity index is 1330. The molecule has 1 heterocycles. The number of primary sulfonamides is 1. The number of alkyl halides is 2. The Hall–Kier alpha value is -2.94. The molecule has 0 amide bonds. The van der Waals surface area contributed by atoms with Crippen molar-refractivity contribution in [2.75, 3.05) is 0 Å². The van der Waals surface area contributed by atoms with Gasteiger partial charge in [0.25, 0.3) is 0 Å². The SMILES string of the molecule is C=CCc1cc2c(cc1CS(N)(=O)=O)C(c1cccc(Cl)c1)Oc1cccc(OC(F)F)c1-2. The summed E-state index contributed by atoms with van der Waals surface area (Å²) in [4.78, 5) is 0. The lowest BCUT2D eigenvalue weighted by Gasteiger charge is -2.31. The summed E-state index contributed by atoms with van der Waals surface area (Å²) >= 11 is 6.19. The summed E-state index contributed by atoms with van der Waals surface area (Å²) < 4.78 is 61.0. The Morgan fingerprint density at radius 2 is 1.91 bits per heavy atom. The standard InChI is InChI=1S/C24H20ClF2NO4S/c1-2-5-14-11-18-19(12-16(14)13-33(28,29)30)23(15-6-3-7-17(25)10-15)31-20-8-4-9-21(22(18)20)32-24(26)27/h2-4,6-12,23-24H,1,5,13H2,(H2,28,29,30). The third kappa shape index (κ3) is 5.03. The molecule has 1 aliphatic heterocycles. The molecule has 0 aromatic heterocycles. The molecule has 0 saturated carbocycles. The zero-order chi connectivity index (χ0) is 23.8. The van der Waals surface area contributed by atoms with E-state index in [4.69, 9.17) is 26.2 Å². The second kappa shape index (κ2) is 9.13. The maximum absolute atomic E-state index is 13.1. The summed E-state index contributed by atoms with van der Waals surface area (Å²) in [6.45, 7) is 0.707. The first kappa shape index (κ1) is 23.2. The van der Waals surface area contributed by atoms with E-state index in [9.17, 15) is 17.2 Å². The first-order valence-corrected chi connectivity index (χ1v) is 12.0. The fourth-order valence-electron chi connectivity index (χ4n) is 4.02. The van der Waals surface area contributed by atoms with Crippen LogP contribution in [-0.2, 0) is 22.2 Å². The number of nitrogens with two attached hydrogens (primary N) is 1. The average Bonchev–Trinajstić information content (AvgIpc) is 2.72. The minimum Gasteiger partial charge on any atom is -0.480 e. The molecule has 0 fully saturated rings. The largest absolute Gasteiger partial charge is 0.480 e. The van der Waals surface area contributed by atoms with Crippen molar-refractivity contribution in [2.45, 2.75) is 24.9 Å². The molecule has 5 nitrogen and oxygen atoms in total. The number of rotatable bonds is 7. The van der Waals surface area contributed by atoms with Crippen molar-refractivity contribution in [1.82, 2.24) is 0 Å². The zero-order valence-electron chi connectivity index (χ0n) is 17.3. The van der Waals surface area contributed by atoms with Crippen LogP contribution in [0.25, 0.3) is 11.1 Å². The number of allylic oxidation sites excluding steroid dienone is 1. The van der Waals surface area contributed by atoms with Gasteiger partial charge in [0.05, 0.1) is 11.3 Å². The molecule has 1 unspecified atom stereocenters. The zero-order valence-corrected chi connectivity index (χ0v) is 18.9. The van der Waals surface area contributed by atoms with Gasteiger partial charge in [0.15, 0.2) is 0 Å². The van der Waals surface area contributed by atoms with Crippen LogP contribution < -0.4 is 14.6 Å². The fourth-order valence-corrected chi connectivity index (χ4v) is 4.92. The lowest BCUT2D eigenvalue weighted by Crippen LogP contribution is -2.20. The minimum atomic E-state index is -3.84. The van der Waals surface area contributed by atoms with E-state index in [0.29, 0.717) is 50.6 Å². The Balaban J connectivity index is 2.00. The molecule has 1 aliphatic rings. The quantitative estimate of drug-likeness (QED) is 0.436. The van der Waals surface area contributed by atoms with Crippen LogP contribution in [0.3, 0.4) is 0 Å². The Morgan fingerprint density at radius 1 is 1.15 bits per heavy atom.